The Bertz CT molecular complexity index is 617. The number of anilines is 1. The summed E-state index contributed by atoms with van der Waals surface area (Å²) in [5, 5.41) is 0.690. The molecular weight excluding hydrogens is 314 g/mol. The third kappa shape index (κ3) is 1.93. The Hall–Kier alpha value is -1.00. The van der Waals surface area contributed by atoms with Crippen LogP contribution in [0.3, 0.4) is 0 Å². The van der Waals surface area contributed by atoms with Crippen molar-refractivity contribution < 1.29 is 0 Å². The quantitative estimate of drug-likeness (QED) is 0.907. The second-order valence-corrected chi connectivity index (χ2v) is 5.93. The summed E-state index contributed by atoms with van der Waals surface area (Å²) in [6.07, 6.45) is 2.43. The fourth-order valence-electron chi connectivity index (χ4n) is 2.09. The molecule has 3 nitrogen and oxygen atoms in total. The first kappa shape index (κ1) is 12.1. The predicted molar refractivity (Wildman–Crippen MR) is 77.7 cm³/mol. The van der Waals surface area contributed by atoms with E-state index >= 15 is 0 Å². The van der Waals surface area contributed by atoms with Crippen molar-refractivity contribution in [3.8, 4) is 11.3 Å². The first-order chi connectivity index (χ1) is 8.58. The normalized spacial score (nSPS) is 15.1. The fraction of sp³-hybridized carbons (Fsp3) is 0.308. The Morgan fingerprint density at radius 1 is 1.44 bits per heavy atom. The molecule has 1 aliphatic carbocycles. The first-order valence-electron chi connectivity index (χ1n) is 5.85. The third-order valence-electron chi connectivity index (χ3n) is 3.31. The van der Waals surface area contributed by atoms with Crippen molar-refractivity contribution in [1.82, 2.24) is 9.55 Å². The van der Waals surface area contributed by atoms with Gasteiger partial charge in [0, 0.05) is 23.0 Å². The summed E-state index contributed by atoms with van der Waals surface area (Å²) in [5.41, 5.74) is 7.98. The van der Waals surface area contributed by atoms with Crippen molar-refractivity contribution in [2.45, 2.75) is 18.8 Å². The Morgan fingerprint density at radius 3 is 2.78 bits per heavy atom. The van der Waals surface area contributed by atoms with Gasteiger partial charge in [0.25, 0.3) is 0 Å². The minimum Gasteiger partial charge on any atom is -0.383 e. The van der Waals surface area contributed by atoms with Crippen molar-refractivity contribution in [2.75, 3.05) is 5.73 Å². The van der Waals surface area contributed by atoms with Crippen LogP contribution in [0.5, 0.6) is 0 Å². The number of nitrogens with zero attached hydrogens (tertiary/aromatic N) is 2. The zero-order valence-corrected chi connectivity index (χ0v) is 12.3. The van der Waals surface area contributed by atoms with Gasteiger partial charge in [-0.25, -0.2) is 4.98 Å². The number of hydrogen-bond acceptors (Lipinski definition) is 2. The Labute approximate surface area is 119 Å². The third-order valence-corrected chi connectivity index (χ3v) is 4.52. The summed E-state index contributed by atoms with van der Waals surface area (Å²) in [6.45, 7) is 0. The zero-order chi connectivity index (χ0) is 12.9. The van der Waals surface area contributed by atoms with E-state index in [-0.39, 0.29) is 0 Å². The van der Waals surface area contributed by atoms with Crippen molar-refractivity contribution in [1.29, 1.82) is 0 Å². The van der Waals surface area contributed by atoms with Gasteiger partial charge in [-0.15, -0.1) is 0 Å². The molecule has 1 aromatic heterocycles. The molecule has 0 radical (unpaired) electrons. The smallest absolute Gasteiger partial charge is 0.131 e. The number of nitrogen functional groups attached to an aromatic ring is 1. The average molecular weight is 327 g/mol. The summed E-state index contributed by atoms with van der Waals surface area (Å²) in [4.78, 5) is 4.69. The number of halogens is 2. The van der Waals surface area contributed by atoms with Crippen LogP contribution >= 0.6 is 27.5 Å². The molecule has 5 heteroatoms. The molecule has 3 rings (SSSR count). The molecule has 18 heavy (non-hydrogen) atoms. The maximum atomic E-state index is 6.14. The molecule has 0 unspecified atom stereocenters. The molecular formula is C13H13BrClN3. The van der Waals surface area contributed by atoms with Crippen molar-refractivity contribution in [3.05, 3.63) is 33.5 Å². The minimum absolute atomic E-state index is 0.585. The highest BCUT2D eigenvalue weighted by atomic mass is 79.9. The van der Waals surface area contributed by atoms with E-state index in [4.69, 9.17) is 17.3 Å². The highest BCUT2D eigenvalue weighted by Crippen LogP contribution is 2.42. The van der Waals surface area contributed by atoms with Crippen LogP contribution in [0.1, 0.15) is 24.6 Å². The van der Waals surface area contributed by atoms with Gasteiger partial charge in [-0.1, -0.05) is 17.7 Å². The minimum atomic E-state index is 0.585. The van der Waals surface area contributed by atoms with E-state index in [1.165, 1.54) is 12.8 Å². The predicted octanol–water partition coefficient (Wildman–Crippen LogP) is 3.96. The number of benzene rings is 1. The molecule has 1 aromatic carbocycles. The Morgan fingerprint density at radius 2 is 2.17 bits per heavy atom. The molecule has 2 aromatic rings. The van der Waals surface area contributed by atoms with E-state index < -0.39 is 0 Å². The van der Waals surface area contributed by atoms with E-state index in [0.717, 1.165) is 21.6 Å². The Balaban J connectivity index is 2.10. The SMILES string of the molecule is Cn1c(C2CC2)nc(-c2ccc(Cl)c(Br)c2)c1N. The van der Waals surface area contributed by atoms with Gasteiger partial charge < -0.3 is 10.3 Å². The summed E-state index contributed by atoms with van der Waals surface area (Å²) in [6, 6.07) is 5.76. The number of aromatic nitrogens is 2. The van der Waals surface area contributed by atoms with E-state index in [2.05, 4.69) is 20.9 Å². The maximum absolute atomic E-state index is 6.14. The lowest BCUT2D eigenvalue weighted by atomic mass is 10.1. The van der Waals surface area contributed by atoms with Crippen LogP contribution < -0.4 is 5.73 Å². The van der Waals surface area contributed by atoms with Crippen LogP contribution in [0.2, 0.25) is 5.02 Å². The van der Waals surface area contributed by atoms with Crippen LogP contribution in [0.15, 0.2) is 22.7 Å². The van der Waals surface area contributed by atoms with Gasteiger partial charge in [-0.05, 0) is 40.9 Å². The second kappa shape index (κ2) is 4.28. The molecule has 2 N–H and O–H groups in total. The molecule has 94 valence electrons. The van der Waals surface area contributed by atoms with Gasteiger partial charge in [0.15, 0.2) is 0 Å². The van der Waals surface area contributed by atoms with Crippen LogP contribution in [-0.4, -0.2) is 9.55 Å². The Kier molecular flexibility index (Phi) is 2.87. The second-order valence-electron chi connectivity index (χ2n) is 4.67. The first-order valence-corrected chi connectivity index (χ1v) is 7.02. The molecule has 1 heterocycles. The lowest BCUT2D eigenvalue weighted by molar-refractivity contribution is 0.807. The average Bonchev–Trinajstić information content (AvgIpc) is 3.13. The van der Waals surface area contributed by atoms with Gasteiger partial charge >= 0.3 is 0 Å². The van der Waals surface area contributed by atoms with Gasteiger partial charge in [0.05, 0.1) is 5.02 Å². The van der Waals surface area contributed by atoms with Crippen LogP contribution in [0.4, 0.5) is 5.82 Å². The number of nitrogens with two attached hydrogens (primary N) is 1. The lowest BCUT2D eigenvalue weighted by Gasteiger charge is -2.02. The topological polar surface area (TPSA) is 43.8 Å². The molecule has 1 fully saturated rings. The molecule has 0 saturated heterocycles. The van der Waals surface area contributed by atoms with Crippen LogP contribution in [0.25, 0.3) is 11.3 Å². The number of imidazole rings is 1. The van der Waals surface area contributed by atoms with E-state index in [0.29, 0.717) is 16.8 Å². The van der Waals surface area contributed by atoms with Crippen molar-refractivity contribution in [3.63, 3.8) is 0 Å². The van der Waals surface area contributed by atoms with E-state index in [1.54, 1.807) is 0 Å². The highest BCUT2D eigenvalue weighted by Gasteiger charge is 2.29. The number of rotatable bonds is 2. The molecule has 1 aliphatic rings. The van der Waals surface area contributed by atoms with Gasteiger partial charge in [0.2, 0.25) is 0 Å². The molecule has 0 spiro atoms. The fourth-order valence-corrected chi connectivity index (χ4v) is 2.59. The molecule has 0 amide bonds. The molecule has 1 saturated carbocycles. The van der Waals surface area contributed by atoms with Gasteiger partial charge in [0.1, 0.15) is 17.3 Å². The van der Waals surface area contributed by atoms with Crippen molar-refractivity contribution in [2.24, 2.45) is 7.05 Å². The number of hydrogen-bond donors (Lipinski definition) is 1. The summed E-state index contributed by atoms with van der Waals surface area (Å²) >= 11 is 9.43. The van der Waals surface area contributed by atoms with Crippen molar-refractivity contribution >= 4 is 33.3 Å². The monoisotopic (exact) mass is 325 g/mol. The van der Waals surface area contributed by atoms with E-state index in [1.807, 2.05) is 29.8 Å². The molecule has 0 bridgehead atoms. The molecule has 0 aliphatic heterocycles. The standard InChI is InChI=1S/C13H13BrClN3/c1-18-12(16)11(17-13(18)7-2-3-7)8-4-5-10(15)9(14)6-8/h4-7H,2-3,16H2,1H3. The summed E-state index contributed by atoms with van der Waals surface area (Å²) < 4.78 is 2.86. The largest absolute Gasteiger partial charge is 0.383 e. The maximum Gasteiger partial charge on any atom is 0.131 e. The summed E-state index contributed by atoms with van der Waals surface area (Å²) in [5.74, 6) is 2.39. The zero-order valence-electron chi connectivity index (χ0n) is 9.95. The van der Waals surface area contributed by atoms with Gasteiger partial charge in [-0.2, -0.15) is 0 Å². The van der Waals surface area contributed by atoms with E-state index in [9.17, 15) is 0 Å². The van der Waals surface area contributed by atoms with Gasteiger partial charge in [-0.3, -0.25) is 0 Å². The lowest BCUT2D eigenvalue weighted by Crippen LogP contribution is -2.00. The molecule has 0 atom stereocenters. The van der Waals surface area contributed by atoms with Crippen LogP contribution in [-0.2, 0) is 7.05 Å². The highest BCUT2D eigenvalue weighted by molar-refractivity contribution is 9.10. The summed E-state index contributed by atoms with van der Waals surface area (Å²) in [7, 11) is 1.98. The van der Waals surface area contributed by atoms with Crippen LogP contribution in [0, 0.1) is 0 Å².